The van der Waals surface area contributed by atoms with Crippen molar-refractivity contribution in [3.05, 3.63) is 65.2 Å². The molecule has 0 aromatic heterocycles. The fourth-order valence-electron chi connectivity index (χ4n) is 4.39. The number of amides is 1. The largest absolute Gasteiger partial charge is 0.494 e. The van der Waals surface area contributed by atoms with Crippen LogP contribution in [0.2, 0.25) is 0 Å². The van der Waals surface area contributed by atoms with E-state index in [4.69, 9.17) is 14.7 Å². The molecule has 1 amide bonds. The Hall–Kier alpha value is -3.06. The van der Waals surface area contributed by atoms with E-state index < -0.39 is 11.6 Å². The molecule has 7 nitrogen and oxygen atoms in total. The SMILES string of the molecule is N#Cc1ccc(OCCCN2CC3CN(CC(=O)NCc4ccc(F)cc4F)CC(C2)O3)cc1. The number of morpholine rings is 2. The minimum absolute atomic E-state index is 0.0282. The lowest BCUT2D eigenvalue weighted by atomic mass is 10.1. The van der Waals surface area contributed by atoms with Crippen LogP contribution in [0.3, 0.4) is 0 Å². The van der Waals surface area contributed by atoms with Gasteiger partial charge in [-0.3, -0.25) is 14.6 Å². The van der Waals surface area contributed by atoms with Crippen LogP contribution >= 0.6 is 0 Å². The van der Waals surface area contributed by atoms with Crippen LogP contribution in [-0.2, 0) is 16.1 Å². The summed E-state index contributed by atoms with van der Waals surface area (Å²) in [5.41, 5.74) is 0.868. The number of nitrogens with zero attached hydrogens (tertiary/aromatic N) is 3. The van der Waals surface area contributed by atoms with Crippen molar-refractivity contribution in [1.29, 1.82) is 5.26 Å². The van der Waals surface area contributed by atoms with E-state index >= 15 is 0 Å². The van der Waals surface area contributed by atoms with E-state index in [-0.39, 0.29) is 36.8 Å². The van der Waals surface area contributed by atoms with Crippen molar-refractivity contribution in [2.24, 2.45) is 0 Å². The van der Waals surface area contributed by atoms with Gasteiger partial charge in [-0.15, -0.1) is 0 Å². The highest BCUT2D eigenvalue weighted by Gasteiger charge is 2.35. The third kappa shape index (κ3) is 6.73. The van der Waals surface area contributed by atoms with E-state index in [0.717, 1.165) is 37.9 Å². The molecular formula is C25H28F2N4O3. The van der Waals surface area contributed by atoms with Crippen molar-refractivity contribution in [1.82, 2.24) is 15.1 Å². The molecule has 2 fully saturated rings. The van der Waals surface area contributed by atoms with Crippen molar-refractivity contribution in [2.45, 2.75) is 25.2 Å². The first-order valence-electron chi connectivity index (χ1n) is 11.4. The molecule has 2 aliphatic heterocycles. The van der Waals surface area contributed by atoms with E-state index in [2.05, 4.69) is 21.2 Å². The van der Waals surface area contributed by atoms with Gasteiger partial charge in [0, 0.05) is 50.9 Å². The maximum Gasteiger partial charge on any atom is 0.234 e. The third-order valence-electron chi connectivity index (χ3n) is 5.96. The van der Waals surface area contributed by atoms with Crippen LogP contribution < -0.4 is 10.1 Å². The molecule has 2 heterocycles. The average Bonchev–Trinajstić information content (AvgIpc) is 2.81. The molecule has 2 unspecified atom stereocenters. The predicted octanol–water partition coefficient (Wildman–Crippen LogP) is 2.31. The van der Waals surface area contributed by atoms with Crippen molar-refractivity contribution in [3.63, 3.8) is 0 Å². The molecular weight excluding hydrogens is 442 g/mol. The molecule has 0 saturated carbocycles. The van der Waals surface area contributed by atoms with Crippen LogP contribution in [0.15, 0.2) is 42.5 Å². The molecule has 4 rings (SSSR count). The molecule has 2 saturated heterocycles. The van der Waals surface area contributed by atoms with Gasteiger partial charge in [0.05, 0.1) is 37.0 Å². The number of rotatable bonds is 9. The van der Waals surface area contributed by atoms with E-state index in [1.54, 1.807) is 24.3 Å². The highest BCUT2D eigenvalue weighted by Crippen LogP contribution is 2.19. The molecule has 9 heteroatoms. The van der Waals surface area contributed by atoms with Gasteiger partial charge in [0.1, 0.15) is 17.4 Å². The highest BCUT2D eigenvalue weighted by atomic mass is 19.1. The Morgan fingerprint density at radius 3 is 2.47 bits per heavy atom. The maximum absolute atomic E-state index is 13.7. The second-order valence-electron chi connectivity index (χ2n) is 8.68. The Balaban J connectivity index is 1.15. The van der Waals surface area contributed by atoms with E-state index in [1.165, 1.54) is 12.1 Å². The number of nitrogens with one attached hydrogen (secondary N) is 1. The van der Waals surface area contributed by atoms with Crippen LogP contribution in [-0.4, -0.2) is 73.8 Å². The normalized spacial score (nSPS) is 20.5. The molecule has 2 aromatic rings. The predicted molar refractivity (Wildman–Crippen MR) is 121 cm³/mol. The molecule has 2 bridgehead atoms. The first-order valence-corrected chi connectivity index (χ1v) is 11.4. The van der Waals surface area contributed by atoms with Crippen molar-refractivity contribution < 1.29 is 23.0 Å². The van der Waals surface area contributed by atoms with E-state index in [0.29, 0.717) is 25.3 Å². The lowest BCUT2D eigenvalue weighted by molar-refractivity contribution is -0.145. The van der Waals surface area contributed by atoms with Crippen LogP contribution in [0, 0.1) is 23.0 Å². The summed E-state index contributed by atoms with van der Waals surface area (Å²) in [5, 5.41) is 11.6. The zero-order valence-electron chi connectivity index (χ0n) is 18.9. The molecule has 2 aromatic carbocycles. The Labute approximate surface area is 197 Å². The van der Waals surface area contributed by atoms with Crippen LogP contribution in [0.4, 0.5) is 8.78 Å². The number of hydrogen-bond acceptors (Lipinski definition) is 6. The van der Waals surface area contributed by atoms with Gasteiger partial charge in [0.25, 0.3) is 0 Å². The summed E-state index contributed by atoms with van der Waals surface area (Å²) < 4.78 is 38.6. The number of nitriles is 1. The van der Waals surface area contributed by atoms with Crippen molar-refractivity contribution >= 4 is 5.91 Å². The standard InChI is InChI=1S/C25H28F2N4O3/c26-20-5-4-19(24(27)10-20)12-29-25(32)17-31-15-22-13-30(14-23(16-31)34-22)8-1-9-33-21-6-2-18(11-28)3-7-21/h2-7,10,22-23H,1,8-9,12-17H2,(H,29,32). The molecule has 2 aliphatic rings. The van der Waals surface area contributed by atoms with Gasteiger partial charge in [-0.1, -0.05) is 6.07 Å². The van der Waals surface area contributed by atoms with Gasteiger partial charge in [0.2, 0.25) is 5.91 Å². The van der Waals surface area contributed by atoms with Crippen molar-refractivity contribution in [2.75, 3.05) is 45.9 Å². The van der Waals surface area contributed by atoms with Gasteiger partial charge in [-0.25, -0.2) is 8.78 Å². The Morgan fingerprint density at radius 2 is 1.79 bits per heavy atom. The lowest BCUT2D eigenvalue weighted by Crippen LogP contribution is -2.60. The molecule has 180 valence electrons. The number of fused-ring (bicyclic) bond motifs is 2. The minimum Gasteiger partial charge on any atom is -0.494 e. The van der Waals surface area contributed by atoms with Gasteiger partial charge < -0.3 is 14.8 Å². The molecule has 2 atom stereocenters. The summed E-state index contributed by atoms with van der Waals surface area (Å²) in [5.74, 6) is -0.738. The molecule has 0 aliphatic carbocycles. The molecule has 34 heavy (non-hydrogen) atoms. The summed E-state index contributed by atoms with van der Waals surface area (Å²) in [6, 6.07) is 12.5. The quantitative estimate of drug-likeness (QED) is 0.567. The Bertz CT molecular complexity index is 1010. The van der Waals surface area contributed by atoms with Gasteiger partial charge in [-0.2, -0.15) is 5.26 Å². The second-order valence-corrected chi connectivity index (χ2v) is 8.68. The minimum atomic E-state index is -0.663. The van der Waals surface area contributed by atoms with Gasteiger partial charge in [0.15, 0.2) is 0 Å². The number of carbonyl (C=O) groups excluding carboxylic acids is 1. The summed E-state index contributed by atoms with van der Waals surface area (Å²) in [6.07, 6.45) is 0.953. The second kappa shape index (κ2) is 11.4. The van der Waals surface area contributed by atoms with E-state index in [9.17, 15) is 13.6 Å². The van der Waals surface area contributed by atoms with Gasteiger partial charge >= 0.3 is 0 Å². The first-order chi connectivity index (χ1) is 16.5. The maximum atomic E-state index is 13.7. The zero-order valence-corrected chi connectivity index (χ0v) is 18.9. The van der Waals surface area contributed by atoms with Crippen LogP contribution in [0.5, 0.6) is 5.75 Å². The third-order valence-corrected chi connectivity index (χ3v) is 5.96. The number of halogens is 2. The lowest BCUT2D eigenvalue weighted by Gasteiger charge is -2.45. The Morgan fingerprint density at radius 1 is 1.09 bits per heavy atom. The monoisotopic (exact) mass is 470 g/mol. The highest BCUT2D eigenvalue weighted by molar-refractivity contribution is 5.78. The fraction of sp³-hybridized carbons (Fsp3) is 0.440. The topological polar surface area (TPSA) is 77.8 Å². The number of hydrogen-bond donors (Lipinski definition) is 1. The Kier molecular flexibility index (Phi) is 8.06. The smallest absolute Gasteiger partial charge is 0.234 e. The molecule has 1 N–H and O–H groups in total. The average molecular weight is 471 g/mol. The summed E-state index contributed by atoms with van der Waals surface area (Å²) in [6.45, 7) is 4.66. The summed E-state index contributed by atoms with van der Waals surface area (Å²) in [7, 11) is 0. The number of benzene rings is 2. The first kappa shape index (κ1) is 24.1. The molecule has 0 radical (unpaired) electrons. The van der Waals surface area contributed by atoms with Gasteiger partial charge in [-0.05, 0) is 36.8 Å². The fourth-order valence-corrected chi connectivity index (χ4v) is 4.39. The van der Waals surface area contributed by atoms with Crippen molar-refractivity contribution in [3.8, 4) is 11.8 Å². The van der Waals surface area contributed by atoms with Crippen LogP contribution in [0.25, 0.3) is 0 Å². The van der Waals surface area contributed by atoms with Crippen LogP contribution in [0.1, 0.15) is 17.5 Å². The summed E-state index contributed by atoms with van der Waals surface area (Å²) in [4.78, 5) is 16.8. The number of carbonyl (C=O) groups is 1. The molecule has 0 spiro atoms. The zero-order chi connectivity index (χ0) is 23.9. The summed E-state index contributed by atoms with van der Waals surface area (Å²) >= 11 is 0. The number of ether oxygens (including phenoxy) is 2. The van der Waals surface area contributed by atoms with E-state index in [1.807, 2.05) is 0 Å².